The fourth-order valence-electron chi connectivity index (χ4n) is 2.90. The number of rotatable bonds is 5. The minimum atomic E-state index is -3.83. The number of benzene rings is 2. The third kappa shape index (κ3) is 3.78. The number of aromatic nitrogens is 1. The zero-order valence-corrected chi connectivity index (χ0v) is 14.8. The monoisotopic (exact) mass is 352 g/mol. The minimum Gasteiger partial charge on any atom is -0.255 e. The largest absolute Gasteiger partial charge is 0.255 e. The van der Waals surface area contributed by atoms with Crippen molar-refractivity contribution in [3.8, 4) is 22.4 Å². The summed E-state index contributed by atoms with van der Waals surface area (Å²) in [5, 5.41) is 5.43. The van der Waals surface area contributed by atoms with Crippen molar-refractivity contribution >= 4 is 10.0 Å². The van der Waals surface area contributed by atoms with Crippen molar-refractivity contribution in [2.45, 2.75) is 24.7 Å². The van der Waals surface area contributed by atoms with Crippen LogP contribution in [0.25, 0.3) is 22.4 Å². The fourth-order valence-corrected chi connectivity index (χ4v) is 3.65. The molecule has 0 aliphatic carbocycles. The van der Waals surface area contributed by atoms with Crippen LogP contribution in [0.2, 0.25) is 0 Å². The van der Waals surface area contributed by atoms with Crippen LogP contribution in [0.5, 0.6) is 0 Å². The molecular weight excluding hydrogens is 332 g/mol. The molecule has 0 aliphatic heterocycles. The molecule has 0 fully saturated rings. The molecule has 25 heavy (non-hydrogen) atoms. The van der Waals surface area contributed by atoms with Crippen molar-refractivity contribution in [2.75, 3.05) is 0 Å². The second-order valence-electron chi connectivity index (χ2n) is 5.90. The van der Waals surface area contributed by atoms with Crippen LogP contribution in [0, 0.1) is 0 Å². The summed E-state index contributed by atoms with van der Waals surface area (Å²) in [4.78, 5) is 4.74. The molecule has 0 saturated heterocycles. The van der Waals surface area contributed by atoms with Gasteiger partial charge in [-0.2, -0.15) is 0 Å². The van der Waals surface area contributed by atoms with Gasteiger partial charge in [0.15, 0.2) is 0 Å². The van der Waals surface area contributed by atoms with Gasteiger partial charge in [0.25, 0.3) is 0 Å². The molecule has 0 radical (unpaired) electrons. The quantitative estimate of drug-likeness (QED) is 0.754. The number of sulfonamides is 1. The third-order valence-corrected chi connectivity index (χ3v) is 4.98. The first kappa shape index (κ1) is 17.3. The van der Waals surface area contributed by atoms with Crippen LogP contribution in [-0.2, 0) is 16.4 Å². The van der Waals surface area contributed by atoms with Gasteiger partial charge in [-0.05, 0) is 24.1 Å². The summed E-state index contributed by atoms with van der Waals surface area (Å²) in [6.07, 6.45) is 3.73. The molecule has 0 aliphatic rings. The summed E-state index contributed by atoms with van der Waals surface area (Å²) in [6, 6.07) is 18.6. The maximum atomic E-state index is 12.0. The van der Waals surface area contributed by atoms with E-state index in [-0.39, 0.29) is 4.90 Å². The first-order valence-corrected chi connectivity index (χ1v) is 9.72. The zero-order chi connectivity index (χ0) is 17.9. The van der Waals surface area contributed by atoms with E-state index in [2.05, 4.69) is 11.9 Å². The Hall–Kier alpha value is -2.50. The molecular formula is C20H20N2O2S. The molecule has 4 nitrogen and oxygen atoms in total. The van der Waals surface area contributed by atoms with E-state index < -0.39 is 10.0 Å². The number of hydrogen-bond acceptors (Lipinski definition) is 3. The molecule has 2 N–H and O–H groups in total. The molecule has 0 bridgehead atoms. The molecule has 0 saturated carbocycles. The van der Waals surface area contributed by atoms with E-state index in [0.717, 1.165) is 35.2 Å². The molecule has 5 heteroatoms. The van der Waals surface area contributed by atoms with Crippen LogP contribution in [0.15, 0.2) is 71.8 Å². The smallest absolute Gasteiger partial charge is 0.238 e. The van der Waals surface area contributed by atoms with Gasteiger partial charge in [0.2, 0.25) is 10.0 Å². The second kappa shape index (κ2) is 7.17. The topological polar surface area (TPSA) is 73.0 Å². The normalized spacial score (nSPS) is 11.4. The van der Waals surface area contributed by atoms with Gasteiger partial charge in [-0.3, -0.25) is 4.98 Å². The fraction of sp³-hybridized carbons (Fsp3) is 0.150. The Bertz CT molecular complexity index is 984. The van der Waals surface area contributed by atoms with Gasteiger partial charge in [0.05, 0.1) is 10.6 Å². The van der Waals surface area contributed by atoms with Crippen LogP contribution in [0.4, 0.5) is 0 Å². The molecule has 1 aromatic heterocycles. The lowest BCUT2D eigenvalue weighted by Crippen LogP contribution is -2.13. The first-order valence-electron chi connectivity index (χ1n) is 8.17. The number of nitrogens with zero attached hydrogens (tertiary/aromatic N) is 1. The average molecular weight is 352 g/mol. The number of nitrogens with two attached hydrogens (primary N) is 1. The SMILES string of the molecule is CCCc1cnc(-c2ccccc2)c(-c2ccccc2S(N)(=O)=O)c1. The number of pyridine rings is 1. The molecule has 0 amide bonds. The van der Waals surface area contributed by atoms with Gasteiger partial charge in [-0.1, -0.05) is 61.9 Å². The lowest BCUT2D eigenvalue weighted by molar-refractivity contribution is 0.598. The maximum Gasteiger partial charge on any atom is 0.238 e. The molecule has 0 unspecified atom stereocenters. The first-order chi connectivity index (χ1) is 12.0. The molecule has 1 heterocycles. The third-order valence-electron chi connectivity index (χ3n) is 4.01. The molecule has 0 atom stereocenters. The van der Waals surface area contributed by atoms with Gasteiger partial charge in [-0.15, -0.1) is 0 Å². The van der Waals surface area contributed by atoms with Crippen LogP contribution in [0.3, 0.4) is 0 Å². The molecule has 3 rings (SSSR count). The highest BCUT2D eigenvalue weighted by molar-refractivity contribution is 7.89. The van der Waals surface area contributed by atoms with Crippen molar-refractivity contribution < 1.29 is 8.42 Å². The van der Waals surface area contributed by atoms with Crippen LogP contribution >= 0.6 is 0 Å². The zero-order valence-electron chi connectivity index (χ0n) is 14.0. The highest BCUT2D eigenvalue weighted by Gasteiger charge is 2.18. The lowest BCUT2D eigenvalue weighted by Gasteiger charge is -2.14. The van der Waals surface area contributed by atoms with Gasteiger partial charge < -0.3 is 0 Å². The Morgan fingerprint density at radius 2 is 1.64 bits per heavy atom. The van der Waals surface area contributed by atoms with Gasteiger partial charge in [-0.25, -0.2) is 13.6 Å². The van der Waals surface area contributed by atoms with E-state index in [0.29, 0.717) is 5.56 Å². The summed E-state index contributed by atoms with van der Waals surface area (Å²) in [5.74, 6) is 0. The van der Waals surface area contributed by atoms with Gasteiger partial charge in [0.1, 0.15) is 0 Å². The Morgan fingerprint density at radius 1 is 0.960 bits per heavy atom. The maximum absolute atomic E-state index is 12.0. The van der Waals surface area contributed by atoms with E-state index in [1.165, 1.54) is 6.07 Å². The molecule has 2 aromatic carbocycles. The van der Waals surface area contributed by atoms with E-state index >= 15 is 0 Å². The summed E-state index contributed by atoms with van der Waals surface area (Å²) in [6.45, 7) is 2.10. The van der Waals surface area contributed by atoms with E-state index in [9.17, 15) is 8.42 Å². The van der Waals surface area contributed by atoms with Gasteiger partial charge in [0, 0.05) is 22.9 Å². The Kier molecular flexibility index (Phi) is 4.97. The summed E-state index contributed by atoms with van der Waals surface area (Å²) in [5.41, 5.74) is 4.11. The second-order valence-corrected chi connectivity index (χ2v) is 7.43. The summed E-state index contributed by atoms with van der Waals surface area (Å²) < 4.78 is 24.1. The summed E-state index contributed by atoms with van der Waals surface area (Å²) >= 11 is 0. The van der Waals surface area contributed by atoms with Crippen LogP contribution in [-0.4, -0.2) is 13.4 Å². The van der Waals surface area contributed by atoms with E-state index in [4.69, 9.17) is 5.14 Å². The van der Waals surface area contributed by atoms with E-state index in [1.807, 2.05) is 48.7 Å². The Balaban J connectivity index is 2.29. The lowest BCUT2D eigenvalue weighted by atomic mass is 9.97. The minimum absolute atomic E-state index is 0.114. The molecule has 128 valence electrons. The highest BCUT2D eigenvalue weighted by atomic mass is 32.2. The molecule has 0 spiro atoms. The number of hydrogen-bond donors (Lipinski definition) is 1. The van der Waals surface area contributed by atoms with Crippen molar-refractivity contribution in [1.82, 2.24) is 4.98 Å². The predicted molar refractivity (Wildman–Crippen MR) is 100 cm³/mol. The van der Waals surface area contributed by atoms with Crippen molar-refractivity contribution in [3.05, 3.63) is 72.4 Å². The van der Waals surface area contributed by atoms with Crippen LogP contribution < -0.4 is 5.14 Å². The molecule has 3 aromatic rings. The number of primary sulfonamides is 1. The number of aryl methyl sites for hydroxylation is 1. The van der Waals surface area contributed by atoms with Crippen molar-refractivity contribution in [1.29, 1.82) is 0 Å². The summed E-state index contributed by atoms with van der Waals surface area (Å²) in [7, 11) is -3.83. The van der Waals surface area contributed by atoms with Gasteiger partial charge >= 0.3 is 0 Å². The van der Waals surface area contributed by atoms with E-state index in [1.54, 1.807) is 12.1 Å². The highest BCUT2D eigenvalue weighted by Crippen LogP contribution is 2.34. The Labute approximate surface area is 148 Å². The average Bonchev–Trinajstić information content (AvgIpc) is 2.62. The Morgan fingerprint density at radius 3 is 2.32 bits per heavy atom. The van der Waals surface area contributed by atoms with Crippen molar-refractivity contribution in [2.24, 2.45) is 5.14 Å². The van der Waals surface area contributed by atoms with Crippen molar-refractivity contribution in [3.63, 3.8) is 0 Å². The standard InChI is InChI=1S/C20H20N2O2S/c1-2-8-15-13-18(17-11-6-7-12-19(17)25(21,23)24)20(22-14-15)16-9-4-3-5-10-16/h3-7,9-14H,2,8H2,1H3,(H2,21,23,24). The predicted octanol–water partition coefficient (Wildman–Crippen LogP) is 4.02. The van der Waals surface area contributed by atoms with Crippen LogP contribution in [0.1, 0.15) is 18.9 Å².